The predicted octanol–water partition coefficient (Wildman–Crippen LogP) is 1.58. The van der Waals surface area contributed by atoms with Crippen molar-refractivity contribution in [3.8, 4) is 11.5 Å². The van der Waals surface area contributed by atoms with E-state index in [0.29, 0.717) is 18.5 Å². The van der Waals surface area contributed by atoms with Gasteiger partial charge in [0.15, 0.2) is 11.5 Å². The van der Waals surface area contributed by atoms with Crippen LogP contribution in [-0.2, 0) is 6.42 Å². The lowest BCUT2D eigenvalue weighted by atomic mass is 9.89. The standard InChI is InChI=1S/C15H13F2NO2/c16-10-2-1-3-11(17)14(10)15-9-7-13(20)12(19)6-8(9)4-5-18-15/h1-3,6-7,15,18-20H,4-5H2/p+1/t15-/m0/s1. The van der Waals surface area contributed by atoms with Gasteiger partial charge < -0.3 is 15.5 Å². The third-order valence-electron chi connectivity index (χ3n) is 3.70. The van der Waals surface area contributed by atoms with Crippen LogP contribution in [0.3, 0.4) is 0 Å². The van der Waals surface area contributed by atoms with Crippen molar-refractivity contribution in [3.63, 3.8) is 0 Å². The molecule has 0 bridgehead atoms. The average molecular weight is 278 g/mol. The highest BCUT2D eigenvalue weighted by Gasteiger charge is 2.30. The molecule has 1 aliphatic rings. The molecule has 0 spiro atoms. The molecular weight excluding hydrogens is 264 g/mol. The minimum absolute atomic E-state index is 0.0152. The molecule has 4 N–H and O–H groups in total. The number of hydrogen-bond acceptors (Lipinski definition) is 2. The summed E-state index contributed by atoms with van der Waals surface area (Å²) in [5.41, 5.74) is 1.42. The smallest absolute Gasteiger partial charge is 0.157 e. The SMILES string of the molecule is Oc1cc2c(cc1O)[C@@H](c1c(F)cccc1F)[NH2+]CC2. The largest absolute Gasteiger partial charge is 0.504 e. The summed E-state index contributed by atoms with van der Waals surface area (Å²) in [4.78, 5) is 0. The highest BCUT2D eigenvalue weighted by molar-refractivity contribution is 5.49. The number of aromatic hydroxyl groups is 2. The van der Waals surface area contributed by atoms with Crippen LogP contribution in [0, 0.1) is 11.6 Å². The molecule has 0 fully saturated rings. The second-order valence-corrected chi connectivity index (χ2v) is 4.93. The maximum absolute atomic E-state index is 13.9. The van der Waals surface area contributed by atoms with Gasteiger partial charge >= 0.3 is 0 Å². The van der Waals surface area contributed by atoms with Gasteiger partial charge in [-0.1, -0.05) is 6.07 Å². The van der Waals surface area contributed by atoms with Crippen molar-refractivity contribution in [1.29, 1.82) is 0 Å². The molecule has 0 aliphatic carbocycles. The summed E-state index contributed by atoms with van der Waals surface area (Å²) < 4.78 is 27.9. The Bertz CT molecular complexity index is 653. The van der Waals surface area contributed by atoms with E-state index in [2.05, 4.69) is 0 Å². The quantitative estimate of drug-likeness (QED) is 0.694. The molecular formula is C15H14F2NO2+. The maximum atomic E-state index is 13.9. The van der Waals surface area contributed by atoms with Crippen LogP contribution in [0.5, 0.6) is 11.5 Å². The first kappa shape index (κ1) is 12.9. The number of hydrogen-bond donors (Lipinski definition) is 3. The van der Waals surface area contributed by atoms with E-state index in [1.54, 1.807) is 0 Å². The zero-order valence-electron chi connectivity index (χ0n) is 10.6. The first-order chi connectivity index (χ1) is 9.58. The molecule has 3 rings (SSSR count). The van der Waals surface area contributed by atoms with Crippen molar-refractivity contribution in [2.75, 3.05) is 6.54 Å². The molecule has 0 aromatic heterocycles. The van der Waals surface area contributed by atoms with Crippen LogP contribution in [0.25, 0.3) is 0 Å². The summed E-state index contributed by atoms with van der Waals surface area (Å²) >= 11 is 0. The normalized spacial score (nSPS) is 17.8. The van der Waals surface area contributed by atoms with Gasteiger partial charge in [-0.2, -0.15) is 0 Å². The number of benzene rings is 2. The first-order valence-corrected chi connectivity index (χ1v) is 6.40. The van der Waals surface area contributed by atoms with Crippen molar-refractivity contribution < 1.29 is 24.3 Å². The summed E-state index contributed by atoms with van der Waals surface area (Å²) in [7, 11) is 0. The molecule has 20 heavy (non-hydrogen) atoms. The Morgan fingerprint density at radius 3 is 2.40 bits per heavy atom. The van der Waals surface area contributed by atoms with Crippen molar-refractivity contribution in [1.82, 2.24) is 0 Å². The van der Waals surface area contributed by atoms with Crippen LogP contribution in [0.1, 0.15) is 22.7 Å². The number of phenols is 2. The van der Waals surface area contributed by atoms with Gasteiger partial charge in [-0.15, -0.1) is 0 Å². The van der Waals surface area contributed by atoms with Gasteiger partial charge in [0.1, 0.15) is 17.7 Å². The monoisotopic (exact) mass is 278 g/mol. The number of quaternary nitrogens is 1. The summed E-state index contributed by atoms with van der Waals surface area (Å²) in [6.07, 6.45) is 0.676. The van der Waals surface area contributed by atoms with Crippen molar-refractivity contribution in [2.24, 2.45) is 0 Å². The number of nitrogens with two attached hydrogens (primary N) is 1. The summed E-state index contributed by atoms with van der Waals surface area (Å²) in [5, 5.41) is 21.0. The molecule has 0 unspecified atom stereocenters. The molecule has 2 aromatic carbocycles. The molecule has 1 heterocycles. The second kappa shape index (κ2) is 4.76. The van der Waals surface area contributed by atoms with E-state index in [0.717, 1.165) is 5.56 Å². The molecule has 0 saturated carbocycles. The fourth-order valence-corrected chi connectivity index (χ4v) is 2.76. The number of phenolic OH excluding ortho intramolecular Hbond substituents is 2. The van der Waals surface area contributed by atoms with E-state index >= 15 is 0 Å². The lowest BCUT2D eigenvalue weighted by Crippen LogP contribution is -2.87. The molecule has 104 valence electrons. The van der Waals surface area contributed by atoms with Gasteiger partial charge in [-0.25, -0.2) is 8.78 Å². The third-order valence-corrected chi connectivity index (χ3v) is 3.70. The lowest BCUT2D eigenvalue weighted by molar-refractivity contribution is -0.690. The fraction of sp³-hybridized carbons (Fsp3) is 0.200. The van der Waals surface area contributed by atoms with E-state index in [9.17, 15) is 19.0 Å². The van der Waals surface area contributed by atoms with Crippen LogP contribution in [-0.4, -0.2) is 16.8 Å². The summed E-state index contributed by atoms with van der Waals surface area (Å²) in [6.45, 7) is 0.662. The van der Waals surface area contributed by atoms with Crippen LogP contribution in [0.2, 0.25) is 0 Å². The van der Waals surface area contributed by atoms with Crippen LogP contribution in [0.15, 0.2) is 30.3 Å². The molecule has 0 radical (unpaired) electrons. The van der Waals surface area contributed by atoms with Gasteiger partial charge in [0.25, 0.3) is 0 Å². The maximum Gasteiger partial charge on any atom is 0.157 e. The number of rotatable bonds is 1. The number of fused-ring (bicyclic) bond motifs is 1. The van der Waals surface area contributed by atoms with Gasteiger partial charge in [-0.3, -0.25) is 0 Å². The topological polar surface area (TPSA) is 57.1 Å². The molecule has 0 amide bonds. The Kier molecular flexibility index (Phi) is 3.06. The van der Waals surface area contributed by atoms with E-state index in [1.165, 1.54) is 30.3 Å². The predicted molar refractivity (Wildman–Crippen MR) is 68.5 cm³/mol. The zero-order chi connectivity index (χ0) is 14.3. The molecule has 0 saturated heterocycles. The van der Waals surface area contributed by atoms with Crippen LogP contribution >= 0.6 is 0 Å². The third kappa shape index (κ3) is 2.00. The Balaban J connectivity index is 2.17. The Morgan fingerprint density at radius 1 is 1.05 bits per heavy atom. The van der Waals surface area contributed by atoms with Crippen molar-refractivity contribution >= 4 is 0 Å². The van der Waals surface area contributed by atoms with Gasteiger partial charge in [0.2, 0.25) is 0 Å². The highest BCUT2D eigenvalue weighted by Crippen LogP contribution is 2.35. The molecule has 1 aliphatic heterocycles. The van der Waals surface area contributed by atoms with E-state index in [1.807, 2.05) is 5.32 Å². The van der Waals surface area contributed by atoms with Gasteiger partial charge in [0.05, 0.1) is 12.1 Å². The molecule has 2 aromatic rings. The van der Waals surface area contributed by atoms with E-state index in [-0.39, 0.29) is 17.1 Å². The summed E-state index contributed by atoms with van der Waals surface area (Å²) in [6, 6.07) is 6.07. The van der Waals surface area contributed by atoms with Crippen LogP contribution in [0.4, 0.5) is 8.78 Å². The first-order valence-electron chi connectivity index (χ1n) is 6.40. The molecule has 1 atom stereocenters. The number of halogens is 2. The fourth-order valence-electron chi connectivity index (χ4n) is 2.76. The van der Waals surface area contributed by atoms with E-state index in [4.69, 9.17) is 0 Å². The Morgan fingerprint density at radius 2 is 1.70 bits per heavy atom. The average Bonchev–Trinajstić information content (AvgIpc) is 2.40. The zero-order valence-corrected chi connectivity index (χ0v) is 10.6. The highest BCUT2D eigenvalue weighted by atomic mass is 19.1. The minimum Gasteiger partial charge on any atom is -0.504 e. The molecule has 3 nitrogen and oxygen atoms in total. The van der Waals surface area contributed by atoms with Crippen LogP contribution < -0.4 is 5.32 Å². The second-order valence-electron chi connectivity index (χ2n) is 4.93. The summed E-state index contributed by atoms with van der Waals surface area (Å²) in [5.74, 6) is -1.70. The van der Waals surface area contributed by atoms with Crippen molar-refractivity contribution in [3.05, 3.63) is 58.7 Å². The lowest BCUT2D eigenvalue weighted by Gasteiger charge is -2.25. The van der Waals surface area contributed by atoms with Gasteiger partial charge in [-0.05, 0) is 29.8 Å². The molecule has 5 heteroatoms. The van der Waals surface area contributed by atoms with E-state index < -0.39 is 17.7 Å². The van der Waals surface area contributed by atoms with Crippen molar-refractivity contribution in [2.45, 2.75) is 12.5 Å². The van der Waals surface area contributed by atoms with Gasteiger partial charge in [0, 0.05) is 12.0 Å². The Hall–Kier alpha value is -2.14. The Labute approximate surface area is 114 Å². The minimum atomic E-state index is -0.605.